The molecular formula is C17H22N2O5S2. The van der Waals surface area contributed by atoms with Crippen molar-refractivity contribution in [2.75, 3.05) is 26.2 Å². The molecule has 2 rings (SSSR count). The number of carboxylic acid groups (broad SMARTS) is 2. The summed E-state index contributed by atoms with van der Waals surface area (Å²) < 4.78 is 0. The van der Waals surface area contributed by atoms with E-state index >= 15 is 0 Å². The topological polar surface area (TPSA) is 103 Å². The Morgan fingerprint density at radius 1 is 1.15 bits per heavy atom. The van der Waals surface area contributed by atoms with Crippen molar-refractivity contribution >= 4 is 40.3 Å². The fourth-order valence-corrected chi connectivity index (χ4v) is 3.26. The number of hydrogen-bond donors (Lipinski definition) is 2. The minimum atomic E-state index is -2.07. The first-order valence-electron chi connectivity index (χ1n) is 8.02. The summed E-state index contributed by atoms with van der Waals surface area (Å²) in [5.74, 6) is -4.01. The van der Waals surface area contributed by atoms with E-state index in [2.05, 4.69) is 52.7 Å². The molecule has 2 aromatic heterocycles. The lowest BCUT2D eigenvalue weighted by Gasteiger charge is -2.14. The van der Waals surface area contributed by atoms with Crippen LogP contribution < -0.4 is 10.0 Å². The third kappa shape index (κ3) is 7.77. The van der Waals surface area contributed by atoms with Crippen LogP contribution in [0.15, 0.2) is 38.8 Å². The molecule has 0 saturated heterocycles. The van der Waals surface area contributed by atoms with E-state index in [-0.39, 0.29) is 0 Å². The van der Waals surface area contributed by atoms with E-state index in [1.54, 1.807) is 22.7 Å². The lowest BCUT2D eigenvalue weighted by Crippen LogP contribution is -3.11. The molecule has 0 fully saturated rings. The number of carboxylic acids is 2. The smallest absolute Gasteiger partial charge is 0.351 e. The molecule has 2 N–H and O–H groups in total. The Labute approximate surface area is 160 Å². The maximum Gasteiger partial charge on any atom is 0.351 e. The van der Waals surface area contributed by atoms with Gasteiger partial charge in [-0.05, 0) is 36.7 Å². The number of rotatable bonds is 8. The van der Waals surface area contributed by atoms with Gasteiger partial charge in [0.05, 0.1) is 13.1 Å². The molecule has 0 spiro atoms. The van der Waals surface area contributed by atoms with Gasteiger partial charge in [-0.2, -0.15) is 22.7 Å². The average molecular weight is 399 g/mol. The number of nitrogens with zero attached hydrogens (tertiary/aromatic N) is 1. The van der Waals surface area contributed by atoms with E-state index in [1.807, 2.05) is 0 Å². The highest BCUT2D eigenvalue weighted by atomic mass is 32.1. The molecule has 7 nitrogen and oxygen atoms in total. The van der Waals surface area contributed by atoms with Gasteiger partial charge in [0.25, 0.3) is 0 Å². The first kappa shape index (κ1) is 21.8. The second-order valence-corrected chi connectivity index (χ2v) is 6.66. The Kier molecular flexibility index (Phi) is 10.2. The molecule has 0 bridgehead atoms. The van der Waals surface area contributed by atoms with Crippen LogP contribution in [0.2, 0.25) is 0 Å². The molecule has 0 atom stereocenters. The molecule has 0 saturated carbocycles. The average Bonchev–Trinajstić information content (AvgIpc) is 3.32. The first-order chi connectivity index (χ1) is 12.5. The van der Waals surface area contributed by atoms with E-state index in [1.165, 1.54) is 4.90 Å². The Balaban J connectivity index is 0.000000487. The van der Waals surface area contributed by atoms with Crippen molar-refractivity contribution in [3.05, 3.63) is 44.8 Å². The summed E-state index contributed by atoms with van der Waals surface area (Å²) in [6, 6.07) is 4.17. The quantitative estimate of drug-likeness (QED) is 0.289. The monoisotopic (exact) mass is 398 g/mol. The lowest BCUT2D eigenvalue weighted by molar-refractivity contribution is -0.896. The van der Waals surface area contributed by atoms with Crippen molar-refractivity contribution in [1.29, 1.82) is 0 Å². The van der Waals surface area contributed by atoms with Crippen molar-refractivity contribution in [2.24, 2.45) is 5.16 Å². The lowest BCUT2D eigenvalue weighted by atomic mass is 10.1. The molecule has 142 valence electrons. The Hall–Kier alpha value is -2.23. The van der Waals surface area contributed by atoms with Crippen molar-refractivity contribution in [2.45, 2.75) is 13.8 Å². The van der Waals surface area contributed by atoms with Gasteiger partial charge in [-0.15, -0.1) is 0 Å². The van der Waals surface area contributed by atoms with Gasteiger partial charge in [-0.25, -0.2) is 4.79 Å². The normalized spacial score (nSPS) is 9.96. The molecule has 2 aromatic rings. The summed E-state index contributed by atoms with van der Waals surface area (Å²) in [5.41, 5.74) is 3.19. The summed E-state index contributed by atoms with van der Waals surface area (Å²) in [6.07, 6.45) is 0. The zero-order valence-corrected chi connectivity index (χ0v) is 16.3. The van der Waals surface area contributed by atoms with Crippen LogP contribution in [0.4, 0.5) is 0 Å². The van der Waals surface area contributed by atoms with Crippen LogP contribution in [0, 0.1) is 0 Å². The van der Waals surface area contributed by atoms with E-state index in [0.717, 1.165) is 36.5 Å². The van der Waals surface area contributed by atoms with Gasteiger partial charge >= 0.3 is 5.97 Å². The van der Waals surface area contributed by atoms with Gasteiger partial charge in [0, 0.05) is 21.9 Å². The molecule has 9 heteroatoms. The number of thiophene rings is 2. The molecule has 26 heavy (non-hydrogen) atoms. The zero-order valence-electron chi connectivity index (χ0n) is 14.6. The van der Waals surface area contributed by atoms with Crippen molar-refractivity contribution in [3.63, 3.8) is 0 Å². The Morgan fingerprint density at radius 2 is 1.65 bits per heavy atom. The predicted molar refractivity (Wildman–Crippen MR) is 99.8 cm³/mol. The number of likely N-dealkylation sites (N-methyl/N-ethyl adjacent to an activating group) is 1. The minimum Gasteiger partial charge on any atom is -0.539 e. The molecule has 0 amide bonds. The summed E-state index contributed by atoms with van der Waals surface area (Å²) in [4.78, 5) is 25.1. The van der Waals surface area contributed by atoms with Crippen LogP contribution in [-0.2, 0) is 14.4 Å². The summed E-state index contributed by atoms with van der Waals surface area (Å²) in [5, 5.41) is 29.0. The zero-order chi connectivity index (χ0) is 19.4. The maximum atomic E-state index is 9.04. The molecule has 0 aliphatic heterocycles. The van der Waals surface area contributed by atoms with Crippen LogP contribution in [0.25, 0.3) is 0 Å². The molecule has 0 aliphatic carbocycles. The number of carbonyl (C=O) groups excluding carboxylic acids is 1. The van der Waals surface area contributed by atoms with Crippen molar-refractivity contribution < 1.29 is 29.5 Å². The van der Waals surface area contributed by atoms with E-state index in [0.29, 0.717) is 6.61 Å². The van der Waals surface area contributed by atoms with Crippen molar-refractivity contribution in [3.8, 4) is 0 Å². The van der Waals surface area contributed by atoms with Crippen LogP contribution in [0.1, 0.15) is 25.0 Å². The maximum absolute atomic E-state index is 9.04. The van der Waals surface area contributed by atoms with E-state index in [4.69, 9.17) is 24.6 Å². The predicted octanol–water partition coefficient (Wildman–Crippen LogP) is 0.324. The SMILES string of the molecule is CC[NH+](CC)CCON=C(c1ccsc1)c1ccsc1.O=C([O-])C(=O)O. The minimum absolute atomic E-state index is 0.661. The summed E-state index contributed by atoms with van der Waals surface area (Å²) in [7, 11) is 0. The van der Waals surface area contributed by atoms with Crippen molar-refractivity contribution in [1.82, 2.24) is 0 Å². The second kappa shape index (κ2) is 12.2. The summed E-state index contributed by atoms with van der Waals surface area (Å²) >= 11 is 3.36. The Bertz CT molecular complexity index is 632. The molecule has 0 aliphatic rings. The molecule has 0 unspecified atom stereocenters. The second-order valence-electron chi connectivity index (χ2n) is 5.10. The fourth-order valence-electron chi connectivity index (χ4n) is 1.97. The van der Waals surface area contributed by atoms with Gasteiger partial charge in [-0.1, -0.05) is 5.16 Å². The van der Waals surface area contributed by atoms with E-state index in [9.17, 15) is 0 Å². The number of aliphatic carboxylic acids is 2. The third-order valence-electron chi connectivity index (χ3n) is 3.47. The molecule has 0 aromatic carbocycles. The van der Waals surface area contributed by atoms with Gasteiger partial charge in [0.15, 0.2) is 12.6 Å². The van der Waals surface area contributed by atoms with Crippen LogP contribution in [-0.4, -0.2) is 49.0 Å². The number of carbonyl (C=O) groups is 2. The molecule has 2 heterocycles. The van der Waals surface area contributed by atoms with Crippen LogP contribution >= 0.6 is 22.7 Å². The van der Waals surface area contributed by atoms with Crippen LogP contribution in [0.5, 0.6) is 0 Å². The van der Waals surface area contributed by atoms with Gasteiger partial charge in [0.2, 0.25) is 0 Å². The number of quaternary nitrogens is 1. The highest BCUT2D eigenvalue weighted by Gasteiger charge is 2.09. The largest absolute Gasteiger partial charge is 0.539 e. The fraction of sp³-hybridized carbons (Fsp3) is 0.353. The number of hydrogen-bond acceptors (Lipinski definition) is 7. The van der Waals surface area contributed by atoms with Gasteiger partial charge in [0.1, 0.15) is 12.3 Å². The molecule has 0 radical (unpaired) electrons. The number of oxime groups is 1. The summed E-state index contributed by atoms with van der Waals surface area (Å²) in [6.45, 7) is 8.32. The van der Waals surface area contributed by atoms with Crippen LogP contribution in [0.3, 0.4) is 0 Å². The highest BCUT2D eigenvalue weighted by Crippen LogP contribution is 2.16. The number of nitrogens with one attached hydrogen (secondary N) is 1. The third-order valence-corrected chi connectivity index (χ3v) is 4.83. The standard InChI is InChI=1S/C15H20N2OS2.C2H2O4/c1-3-17(4-2)7-8-18-16-15(13-5-9-19-11-13)14-6-10-20-12-14;3-1(4)2(5)6/h5-6,9-12H,3-4,7-8H2,1-2H3;(H,3,4)(H,5,6). The first-order valence-corrected chi connectivity index (χ1v) is 9.91. The van der Waals surface area contributed by atoms with Gasteiger partial charge in [-0.3, -0.25) is 0 Å². The van der Waals surface area contributed by atoms with E-state index < -0.39 is 11.9 Å². The Morgan fingerprint density at radius 3 is 2.00 bits per heavy atom. The highest BCUT2D eigenvalue weighted by molar-refractivity contribution is 7.08. The van der Waals surface area contributed by atoms with Gasteiger partial charge < -0.3 is 24.7 Å². The molecular weight excluding hydrogens is 376 g/mol.